The van der Waals surface area contributed by atoms with Crippen LogP contribution in [0.4, 0.5) is 5.82 Å². The molecular weight excluding hydrogens is 226 g/mol. The summed E-state index contributed by atoms with van der Waals surface area (Å²) in [4.78, 5) is 3.00. The average Bonchev–Trinajstić information content (AvgIpc) is 2.31. The number of anilines is 1. The predicted octanol–water partition coefficient (Wildman–Crippen LogP) is 0.258. The Balaban J connectivity index is 2.27. The molecule has 0 atom stereocenters. The lowest BCUT2D eigenvalue weighted by Crippen LogP contribution is -2.36. The highest BCUT2D eigenvalue weighted by Gasteiger charge is 2.26. The summed E-state index contributed by atoms with van der Waals surface area (Å²) in [6.45, 7) is 1.24. The molecule has 16 heavy (non-hydrogen) atoms. The summed E-state index contributed by atoms with van der Waals surface area (Å²) in [7, 11) is -3.33. The summed E-state index contributed by atoms with van der Waals surface area (Å²) in [6.07, 6.45) is 4.44. The highest BCUT2D eigenvalue weighted by atomic mass is 32.2. The molecule has 0 bridgehead atoms. The molecular formula is C10H16N3O2S+. The lowest BCUT2D eigenvalue weighted by atomic mass is 10.2. The standard InChI is InChI=1S/C10H15N3O2S/c11-10-5-4-9(8-12-10)16(14,15)13-6-2-1-3-7-13/h4-5,8H,1-3,6-7H2,(H2,11,12)/p+1. The molecule has 0 radical (unpaired) electrons. The summed E-state index contributed by atoms with van der Waals surface area (Å²) in [6, 6.07) is 3.10. The van der Waals surface area contributed by atoms with E-state index in [1.54, 1.807) is 6.07 Å². The van der Waals surface area contributed by atoms with E-state index in [1.165, 1.54) is 16.6 Å². The number of H-pyrrole nitrogens is 1. The van der Waals surface area contributed by atoms with Gasteiger partial charge in [-0.25, -0.2) is 13.4 Å². The molecule has 1 aliphatic heterocycles. The van der Waals surface area contributed by atoms with Crippen LogP contribution in [0.2, 0.25) is 0 Å². The first kappa shape index (κ1) is 11.3. The van der Waals surface area contributed by atoms with Crippen molar-refractivity contribution in [3.05, 3.63) is 18.3 Å². The SMILES string of the molecule is Nc1ccc(S(=O)(=O)N2CCCCC2)c[nH+]1. The highest BCUT2D eigenvalue weighted by Crippen LogP contribution is 2.19. The van der Waals surface area contributed by atoms with Crippen LogP contribution >= 0.6 is 0 Å². The van der Waals surface area contributed by atoms with Gasteiger partial charge in [0.1, 0.15) is 11.1 Å². The van der Waals surface area contributed by atoms with E-state index in [4.69, 9.17) is 5.73 Å². The number of hydrogen-bond acceptors (Lipinski definition) is 3. The van der Waals surface area contributed by atoms with Crippen molar-refractivity contribution in [1.29, 1.82) is 0 Å². The Bertz CT molecular complexity index is 449. The van der Waals surface area contributed by atoms with Gasteiger partial charge in [-0.1, -0.05) is 6.42 Å². The molecule has 1 fully saturated rings. The van der Waals surface area contributed by atoms with E-state index in [0.29, 0.717) is 18.9 Å². The first-order valence-corrected chi connectivity index (χ1v) is 6.82. The van der Waals surface area contributed by atoms with E-state index in [-0.39, 0.29) is 4.90 Å². The van der Waals surface area contributed by atoms with Crippen LogP contribution in [0.3, 0.4) is 0 Å². The van der Waals surface area contributed by atoms with Gasteiger partial charge in [-0.3, -0.25) is 5.73 Å². The fraction of sp³-hybridized carbons (Fsp3) is 0.500. The van der Waals surface area contributed by atoms with Crippen LogP contribution in [0.15, 0.2) is 23.2 Å². The Labute approximate surface area is 95.3 Å². The van der Waals surface area contributed by atoms with Gasteiger partial charge in [0.05, 0.1) is 0 Å². The Hall–Kier alpha value is -1.14. The molecule has 88 valence electrons. The molecule has 0 aliphatic carbocycles. The molecule has 1 aromatic rings. The smallest absolute Gasteiger partial charge is 0.270 e. The molecule has 6 heteroatoms. The van der Waals surface area contributed by atoms with Crippen LogP contribution < -0.4 is 10.7 Å². The molecule has 0 amide bonds. The van der Waals surface area contributed by atoms with Crippen LogP contribution in [0.1, 0.15) is 19.3 Å². The number of nitrogens with zero attached hydrogens (tertiary/aromatic N) is 1. The third-order valence-electron chi connectivity index (χ3n) is 2.76. The van der Waals surface area contributed by atoms with Gasteiger partial charge in [0.15, 0.2) is 0 Å². The Kier molecular flexibility index (Phi) is 3.11. The number of nitrogens with one attached hydrogen (secondary N) is 1. The molecule has 2 rings (SSSR count). The minimum atomic E-state index is -3.33. The van der Waals surface area contributed by atoms with Crippen LogP contribution in [-0.2, 0) is 10.0 Å². The van der Waals surface area contributed by atoms with E-state index in [9.17, 15) is 8.42 Å². The lowest BCUT2D eigenvalue weighted by molar-refractivity contribution is -0.363. The number of nitrogen functional groups attached to an aromatic ring is 1. The van der Waals surface area contributed by atoms with Gasteiger partial charge in [-0.15, -0.1) is 0 Å². The Morgan fingerprint density at radius 2 is 1.88 bits per heavy atom. The minimum Gasteiger partial charge on any atom is -0.287 e. The summed E-state index contributed by atoms with van der Waals surface area (Å²) >= 11 is 0. The van der Waals surface area contributed by atoms with Gasteiger partial charge in [0.25, 0.3) is 5.82 Å². The van der Waals surface area contributed by atoms with Crippen molar-refractivity contribution in [3.8, 4) is 0 Å². The van der Waals surface area contributed by atoms with Crippen molar-refractivity contribution < 1.29 is 13.4 Å². The summed E-state index contributed by atoms with van der Waals surface area (Å²) < 4.78 is 25.9. The number of aromatic nitrogens is 1. The number of aromatic amines is 1. The van der Waals surface area contributed by atoms with Crippen LogP contribution in [0, 0.1) is 0 Å². The minimum absolute atomic E-state index is 0.281. The average molecular weight is 242 g/mol. The van der Waals surface area contributed by atoms with Gasteiger partial charge in [0.2, 0.25) is 10.0 Å². The molecule has 0 spiro atoms. The molecule has 1 saturated heterocycles. The van der Waals surface area contributed by atoms with Crippen molar-refractivity contribution in [1.82, 2.24) is 4.31 Å². The first-order valence-electron chi connectivity index (χ1n) is 5.38. The Morgan fingerprint density at radius 1 is 1.19 bits per heavy atom. The van der Waals surface area contributed by atoms with Crippen molar-refractivity contribution in [2.24, 2.45) is 0 Å². The van der Waals surface area contributed by atoms with E-state index in [0.717, 1.165) is 19.3 Å². The first-order chi connectivity index (χ1) is 7.60. The summed E-state index contributed by atoms with van der Waals surface area (Å²) in [5.74, 6) is 0.456. The molecule has 5 nitrogen and oxygen atoms in total. The fourth-order valence-corrected chi connectivity index (χ4v) is 3.32. The second-order valence-electron chi connectivity index (χ2n) is 3.94. The summed E-state index contributed by atoms with van der Waals surface area (Å²) in [5.41, 5.74) is 5.48. The monoisotopic (exact) mass is 242 g/mol. The third-order valence-corrected chi connectivity index (χ3v) is 4.66. The number of pyridine rings is 1. The predicted molar refractivity (Wildman–Crippen MR) is 60.0 cm³/mol. The largest absolute Gasteiger partial charge is 0.287 e. The molecule has 0 saturated carbocycles. The zero-order valence-electron chi connectivity index (χ0n) is 9.02. The highest BCUT2D eigenvalue weighted by molar-refractivity contribution is 7.89. The van der Waals surface area contributed by atoms with Gasteiger partial charge in [-0.05, 0) is 18.9 Å². The van der Waals surface area contributed by atoms with Gasteiger partial charge in [0, 0.05) is 19.2 Å². The molecule has 2 heterocycles. The number of sulfonamides is 1. The normalized spacial score (nSPS) is 18.5. The molecule has 1 aromatic heterocycles. The second kappa shape index (κ2) is 4.39. The maximum atomic E-state index is 12.2. The lowest BCUT2D eigenvalue weighted by Gasteiger charge is -2.25. The van der Waals surface area contributed by atoms with Crippen molar-refractivity contribution in [3.63, 3.8) is 0 Å². The van der Waals surface area contributed by atoms with E-state index in [1.807, 2.05) is 0 Å². The molecule has 0 aromatic carbocycles. The van der Waals surface area contributed by atoms with Crippen LogP contribution in [0.5, 0.6) is 0 Å². The van der Waals surface area contributed by atoms with E-state index in [2.05, 4.69) is 4.98 Å². The second-order valence-corrected chi connectivity index (χ2v) is 5.88. The van der Waals surface area contributed by atoms with Gasteiger partial charge in [-0.2, -0.15) is 4.31 Å². The maximum Gasteiger partial charge on any atom is 0.270 e. The zero-order chi connectivity index (χ0) is 11.6. The number of hydrogen-bond donors (Lipinski definition) is 1. The summed E-state index contributed by atoms with van der Waals surface area (Å²) in [5, 5.41) is 0. The topological polar surface area (TPSA) is 77.5 Å². The quantitative estimate of drug-likeness (QED) is 0.808. The van der Waals surface area contributed by atoms with Crippen LogP contribution in [-0.4, -0.2) is 25.8 Å². The molecule has 3 N–H and O–H groups in total. The number of nitrogens with two attached hydrogens (primary N) is 1. The van der Waals surface area contributed by atoms with E-state index < -0.39 is 10.0 Å². The third kappa shape index (κ3) is 2.17. The molecule has 1 aliphatic rings. The zero-order valence-corrected chi connectivity index (χ0v) is 9.83. The maximum absolute atomic E-state index is 12.2. The molecule has 0 unspecified atom stereocenters. The fourth-order valence-electron chi connectivity index (χ4n) is 1.84. The van der Waals surface area contributed by atoms with E-state index >= 15 is 0 Å². The van der Waals surface area contributed by atoms with Crippen molar-refractivity contribution in [2.75, 3.05) is 18.8 Å². The van der Waals surface area contributed by atoms with Crippen molar-refractivity contribution in [2.45, 2.75) is 24.2 Å². The Morgan fingerprint density at radius 3 is 2.44 bits per heavy atom. The number of piperidine rings is 1. The van der Waals surface area contributed by atoms with Gasteiger partial charge >= 0.3 is 0 Å². The number of rotatable bonds is 2. The van der Waals surface area contributed by atoms with Gasteiger partial charge < -0.3 is 0 Å². The van der Waals surface area contributed by atoms with Crippen molar-refractivity contribution >= 4 is 15.8 Å². The van der Waals surface area contributed by atoms with Crippen LogP contribution in [0.25, 0.3) is 0 Å².